The summed E-state index contributed by atoms with van der Waals surface area (Å²) in [5, 5.41) is 11.5. The van der Waals surface area contributed by atoms with Crippen LogP contribution in [0.1, 0.15) is 16.3 Å². The Morgan fingerprint density at radius 3 is 2.86 bits per heavy atom. The zero-order chi connectivity index (χ0) is 10.6. The second kappa shape index (κ2) is 4.52. The average Bonchev–Trinajstić information content (AvgIpc) is 2.17. The molecule has 1 rings (SSSR count). The zero-order valence-electron chi connectivity index (χ0n) is 7.94. The maximum Gasteiger partial charge on any atom is 0.354 e. The summed E-state index contributed by atoms with van der Waals surface area (Å²) in [4.78, 5) is 18.5. The van der Waals surface area contributed by atoms with E-state index in [1.165, 1.54) is 13.2 Å². The van der Waals surface area contributed by atoms with E-state index in [0.29, 0.717) is 11.6 Å². The number of carboxylic acid groups (broad SMARTS) is 1. The number of ether oxygens (including phenoxy) is 1. The van der Waals surface area contributed by atoms with Crippen molar-refractivity contribution in [1.82, 2.24) is 9.97 Å². The van der Waals surface area contributed by atoms with E-state index in [9.17, 15) is 4.79 Å². The number of methoxy groups -OCH3 is 1. The molecule has 0 aromatic carbocycles. The summed E-state index contributed by atoms with van der Waals surface area (Å²) in [6.45, 7) is 0.190. The Bertz CT molecular complexity index is 341. The second-order valence-corrected chi connectivity index (χ2v) is 2.54. The molecule has 0 amide bonds. The Balaban J connectivity index is 3.06. The van der Waals surface area contributed by atoms with Gasteiger partial charge in [-0.1, -0.05) is 0 Å². The molecule has 6 nitrogen and oxygen atoms in total. The Kier molecular flexibility index (Phi) is 3.35. The highest BCUT2D eigenvalue weighted by Crippen LogP contribution is 2.06. The molecule has 0 fully saturated rings. The molecule has 14 heavy (non-hydrogen) atoms. The molecule has 0 saturated carbocycles. The molecule has 0 radical (unpaired) electrons. The lowest BCUT2D eigenvalue weighted by Gasteiger charge is -2.04. The van der Waals surface area contributed by atoms with Gasteiger partial charge in [0.2, 0.25) is 0 Å². The van der Waals surface area contributed by atoms with E-state index in [4.69, 9.17) is 9.84 Å². The van der Waals surface area contributed by atoms with Crippen molar-refractivity contribution < 1.29 is 14.6 Å². The van der Waals surface area contributed by atoms with Crippen molar-refractivity contribution in [3.8, 4) is 0 Å². The van der Waals surface area contributed by atoms with Gasteiger partial charge in [0.1, 0.15) is 12.4 Å². The van der Waals surface area contributed by atoms with E-state index >= 15 is 0 Å². The highest BCUT2D eigenvalue weighted by Gasteiger charge is 2.09. The summed E-state index contributed by atoms with van der Waals surface area (Å²) in [7, 11) is 3.15. The van der Waals surface area contributed by atoms with Gasteiger partial charge < -0.3 is 15.2 Å². The Hall–Kier alpha value is -1.69. The number of rotatable bonds is 4. The Labute approximate surface area is 80.9 Å². The molecule has 0 saturated heterocycles. The van der Waals surface area contributed by atoms with Gasteiger partial charge >= 0.3 is 5.97 Å². The molecule has 1 aromatic rings. The van der Waals surface area contributed by atoms with E-state index < -0.39 is 5.97 Å². The predicted molar refractivity (Wildman–Crippen MR) is 49.3 cm³/mol. The number of carbonyl (C=O) groups is 1. The first-order valence-electron chi connectivity index (χ1n) is 3.95. The summed E-state index contributed by atoms with van der Waals surface area (Å²) in [5.74, 6) is -0.276. The van der Waals surface area contributed by atoms with Crippen molar-refractivity contribution in [2.45, 2.75) is 6.61 Å². The van der Waals surface area contributed by atoms with Crippen LogP contribution >= 0.6 is 0 Å². The summed E-state index contributed by atoms with van der Waals surface area (Å²) >= 11 is 0. The van der Waals surface area contributed by atoms with E-state index in [1.54, 1.807) is 7.05 Å². The van der Waals surface area contributed by atoms with Crippen molar-refractivity contribution in [3.05, 3.63) is 17.6 Å². The lowest BCUT2D eigenvalue weighted by Crippen LogP contribution is -2.08. The molecular weight excluding hydrogens is 186 g/mol. The minimum atomic E-state index is -1.08. The molecule has 1 aromatic heterocycles. The summed E-state index contributed by atoms with van der Waals surface area (Å²) in [6, 6.07) is 1.36. The van der Waals surface area contributed by atoms with Gasteiger partial charge in [-0.05, 0) is 0 Å². The van der Waals surface area contributed by atoms with Crippen molar-refractivity contribution in [3.63, 3.8) is 0 Å². The molecule has 76 valence electrons. The number of nitrogens with zero attached hydrogens (tertiary/aromatic N) is 2. The molecule has 2 N–H and O–H groups in total. The van der Waals surface area contributed by atoms with Crippen LogP contribution in [0, 0.1) is 0 Å². The quantitative estimate of drug-likeness (QED) is 0.725. The number of aromatic carboxylic acids is 1. The molecule has 0 aliphatic carbocycles. The first-order valence-corrected chi connectivity index (χ1v) is 3.95. The van der Waals surface area contributed by atoms with Crippen LogP contribution in [0.4, 0.5) is 5.82 Å². The van der Waals surface area contributed by atoms with Crippen LogP contribution in [0.25, 0.3) is 0 Å². The van der Waals surface area contributed by atoms with Crippen LogP contribution in [-0.2, 0) is 11.3 Å². The number of anilines is 1. The minimum absolute atomic E-state index is 0.0450. The van der Waals surface area contributed by atoms with Crippen molar-refractivity contribution in [2.75, 3.05) is 19.5 Å². The van der Waals surface area contributed by atoms with Crippen molar-refractivity contribution in [2.24, 2.45) is 0 Å². The predicted octanol–water partition coefficient (Wildman–Crippen LogP) is 0.363. The molecular formula is C8H11N3O3. The van der Waals surface area contributed by atoms with Crippen LogP contribution < -0.4 is 5.32 Å². The lowest BCUT2D eigenvalue weighted by molar-refractivity contribution is 0.0689. The van der Waals surface area contributed by atoms with Crippen LogP contribution in [0.2, 0.25) is 0 Å². The Morgan fingerprint density at radius 1 is 1.64 bits per heavy atom. The van der Waals surface area contributed by atoms with Gasteiger partial charge in [-0.25, -0.2) is 14.8 Å². The average molecular weight is 197 g/mol. The van der Waals surface area contributed by atoms with Crippen LogP contribution in [0.15, 0.2) is 6.07 Å². The number of nitrogens with one attached hydrogen (secondary N) is 1. The summed E-state index contributed by atoms with van der Waals surface area (Å²) < 4.78 is 4.82. The first-order chi connectivity index (χ1) is 6.67. The van der Waals surface area contributed by atoms with Gasteiger partial charge in [-0.3, -0.25) is 0 Å². The smallest absolute Gasteiger partial charge is 0.354 e. The van der Waals surface area contributed by atoms with E-state index in [2.05, 4.69) is 15.3 Å². The van der Waals surface area contributed by atoms with Gasteiger partial charge in [0.05, 0.1) is 0 Å². The summed E-state index contributed by atoms with van der Waals surface area (Å²) in [5.41, 5.74) is -0.0450. The molecule has 6 heteroatoms. The topological polar surface area (TPSA) is 84.3 Å². The SMILES string of the molecule is CNc1cc(C(=O)O)nc(COC)n1. The van der Waals surface area contributed by atoms with Gasteiger partial charge in [-0.2, -0.15) is 0 Å². The van der Waals surface area contributed by atoms with E-state index in [-0.39, 0.29) is 12.3 Å². The van der Waals surface area contributed by atoms with Crippen molar-refractivity contribution in [1.29, 1.82) is 0 Å². The molecule has 1 heterocycles. The number of hydrogen-bond acceptors (Lipinski definition) is 5. The van der Waals surface area contributed by atoms with Gasteiger partial charge in [0.25, 0.3) is 0 Å². The monoisotopic (exact) mass is 197 g/mol. The van der Waals surface area contributed by atoms with Crippen LogP contribution in [0.3, 0.4) is 0 Å². The third-order valence-corrected chi connectivity index (χ3v) is 1.52. The fourth-order valence-electron chi connectivity index (χ4n) is 0.928. The van der Waals surface area contributed by atoms with Crippen molar-refractivity contribution >= 4 is 11.8 Å². The highest BCUT2D eigenvalue weighted by atomic mass is 16.5. The van der Waals surface area contributed by atoms with E-state index in [0.717, 1.165) is 0 Å². The summed E-state index contributed by atoms with van der Waals surface area (Å²) in [6.07, 6.45) is 0. The molecule has 0 aliphatic heterocycles. The fraction of sp³-hybridized carbons (Fsp3) is 0.375. The maximum atomic E-state index is 10.7. The molecule has 0 spiro atoms. The van der Waals surface area contributed by atoms with E-state index in [1.807, 2.05) is 0 Å². The van der Waals surface area contributed by atoms with Gasteiger partial charge in [0, 0.05) is 20.2 Å². The first kappa shape index (κ1) is 10.4. The number of aromatic nitrogens is 2. The molecule has 0 unspecified atom stereocenters. The Morgan fingerprint density at radius 2 is 2.36 bits per heavy atom. The third kappa shape index (κ3) is 2.40. The largest absolute Gasteiger partial charge is 0.477 e. The molecule has 0 atom stereocenters. The van der Waals surface area contributed by atoms with Gasteiger partial charge in [-0.15, -0.1) is 0 Å². The minimum Gasteiger partial charge on any atom is -0.477 e. The lowest BCUT2D eigenvalue weighted by atomic mass is 10.4. The standard InChI is InChI=1S/C8H11N3O3/c1-9-6-3-5(8(12)13)10-7(11-6)4-14-2/h3H,4H2,1-2H3,(H,12,13)(H,9,10,11). The highest BCUT2D eigenvalue weighted by molar-refractivity contribution is 5.86. The molecule has 0 aliphatic rings. The van der Waals surface area contributed by atoms with Gasteiger partial charge in [0.15, 0.2) is 11.5 Å². The maximum absolute atomic E-state index is 10.7. The molecule has 0 bridgehead atoms. The van der Waals surface area contributed by atoms with Crippen LogP contribution in [-0.4, -0.2) is 35.2 Å². The fourth-order valence-corrected chi connectivity index (χ4v) is 0.928. The number of carboxylic acids is 1. The third-order valence-electron chi connectivity index (χ3n) is 1.52. The normalized spacial score (nSPS) is 9.86. The second-order valence-electron chi connectivity index (χ2n) is 2.54. The van der Waals surface area contributed by atoms with Crippen LogP contribution in [0.5, 0.6) is 0 Å². The number of hydrogen-bond donors (Lipinski definition) is 2. The zero-order valence-corrected chi connectivity index (χ0v) is 7.94.